The number of ether oxygens (including phenoxy) is 1. The third kappa shape index (κ3) is 3.50. The first-order chi connectivity index (χ1) is 13.1. The van der Waals surface area contributed by atoms with E-state index in [-0.39, 0.29) is 12.1 Å². The highest BCUT2D eigenvalue weighted by atomic mass is 16.5. The van der Waals surface area contributed by atoms with E-state index in [9.17, 15) is 14.4 Å². The van der Waals surface area contributed by atoms with Crippen LogP contribution in [0.3, 0.4) is 0 Å². The molecule has 2 aromatic carbocycles. The molecule has 6 heteroatoms. The van der Waals surface area contributed by atoms with E-state index < -0.39 is 11.8 Å². The maximum Gasteiger partial charge on any atom is 0.266 e. The number of aldehydes is 1. The summed E-state index contributed by atoms with van der Waals surface area (Å²) in [6, 6.07) is 14.3. The number of nitrogens with two attached hydrogens (primary N) is 1. The number of nitrogens with zero attached hydrogens (tertiary/aromatic N) is 1. The molecule has 2 N–H and O–H groups in total. The molecule has 6 nitrogen and oxygen atoms in total. The Hall–Kier alpha value is -3.67. The van der Waals surface area contributed by atoms with Gasteiger partial charge in [0.05, 0.1) is 12.6 Å². The van der Waals surface area contributed by atoms with Gasteiger partial charge < -0.3 is 15.3 Å². The molecular formula is C21H18N2O4. The van der Waals surface area contributed by atoms with Crippen LogP contribution in [0.1, 0.15) is 26.4 Å². The van der Waals surface area contributed by atoms with E-state index in [2.05, 4.69) is 0 Å². The van der Waals surface area contributed by atoms with Crippen molar-refractivity contribution < 1.29 is 19.1 Å². The van der Waals surface area contributed by atoms with Crippen LogP contribution in [-0.2, 0) is 11.2 Å². The molecule has 0 atom stereocenters. The molecule has 0 aliphatic heterocycles. The predicted octanol–water partition coefficient (Wildman–Crippen LogP) is 2.84. The molecule has 1 heterocycles. The fourth-order valence-electron chi connectivity index (χ4n) is 3.05. The predicted molar refractivity (Wildman–Crippen MR) is 103 cm³/mol. The number of aromatic nitrogens is 1. The summed E-state index contributed by atoms with van der Waals surface area (Å²) in [5.74, 6) is -0.654. The Morgan fingerprint density at radius 1 is 1.15 bits per heavy atom. The minimum atomic E-state index is -0.775. The first-order valence-electron chi connectivity index (χ1n) is 8.29. The zero-order valence-electron chi connectivity index (χ0n) is 14.7. The summed E-state index contributed by atoms with van der Waals surface area (Å²) in [6.45, 7) is 0. The average molecular weight is 362 g/mol. The van der Waals surface area contributed by atoms with Crippen LogP contribution in [0.15, 0.2) is 54.6 Å². The number of benzene rings is 2. The molecule has 1 aromatic heterocycles. The number of allylic oxidation sites excluding steroid dienone is 1. The van der Waals surface area contributed by atoms with Crippen molar-refractivity contribution in [3.05, 3.63) is 71.4 Å². The van der Waals surface area contributed by atoms with Gasteiger partial charge in [-0.3, -0.25) is 14.2 Å². The van der Waals surface area contributed by atoms with E-state index in [0.29, 0.717) is 28.5 Å². The summed E-state index contributed by atoms with van der Waals surface area (Å²) >= 11 is 0. The van der Waals surface area contributed by atoms with E-state index in [0.717, 1.165) is 5.56 Å². The van der Waals surface area contributed by atoms with Crippen molar-refractivity contribution in [3.8, 4) is 5.75 Å². The van der Waals surface area contributed by atoms with E-state index in [1.807, 2.05) is 30.3 Å². The minimum Gasteiger partial charge on any atom is -0.497 e. The van der Waals surface area contributed by atoms with Crippen molar-refractivity contribution in [1.29, 1.82) is 0 Å². The zero-order chi connectivity index (χ0) is 19.4. The Labute approximate surface area is 155 Å². The lowest BCUT2D eigenvalue weighted by Crippen LogP contribution is -2.22. The van der Waals surface area contributed by atoms with Gasteiger partial charge in [-0.2, -0.15) is 0 Å². The normalized spacial score (nSPS) is 11.0. The maximum atomic E-state index is 12.9. The first-order valence-corrected chi connectivity index (χ1v) is 8.29. The van der Waals surface area contributed by atoms with Crippen LogP contribution in [0.25, 0.3) is 17.0 Å². The van der Waals surface area contributed by atoms with Gasteiger partial charge in [-0.15, -0.1) is 0 Å². The smallest absolute Gasteiger partial charge is 0.266 e. The summed E-state index contributed by atoms with van der Waals surface area (Å²) in [5, 5.41) is 0.580. The molecule has 0 aliphatic carbocycles. The Balaban J connectivity index is 2.19. The Bertz CT molecular complexity index is 1050. The van der Waals surface area contributed by atoms with Gasteiger partial charge in [0.15, 0.2) is 0 Å². The molecule has 0 spiro atoms. The van der Waals surface area contributed by atoms with Gasteiger partial charge in [0.2, 0.25) is 0 Å². The topological polar surface area (TPSA) is 91.4 Å². The number of carbonyl (C=O) groups is 3. The molecule has 3 aromatic rings. The van der Waals surface area contributed by atoms with Crippen molar-refractivity contribution in [2.24, 2.45) is 5.73 Å². The van der Waals surface area contributed by atoms with Gasteiger partial charge >= 0.3 is 0 Å². The van der Waals surface area contributed by atoms with E-state index in [1.54, 1.807) is 24.3 Å². The molecule has 136 valence electrons. The molecule has 3 rings (SSSR count). The van der Waals surface area contributed by atoms with Gasteiger partial charge in [0, 0.05) is 17.9 Å². The highest BCUT2D eigenvalue weighted by Gasteiger charge is 2.24. The highest BCUT2D eigenvalue weighted by molar-refractivity contribution is 6.10. The van der Waals surface area contributed by atoms with Crippen LogP contribution >= 0.6 is 0 Å². The van der Waals surface area contributed by atoms with Crippen LogP contribution in [0.2, 0.25) is 0 Å². The fraction of sp³-hybridized carbons (Fsp3) is 0.0952. The highest BCUT2D eigenvalue weighted by Crippen LogP contribution is 2.30. The summed E-state index contributed by atoms with van der Waals surface area (Å²) in [7, 11) is 1.51. The van der Waals surface area contributed by atoms with E-state index in [1.165, 1.54) is 17.8 Å². The molecule has 0 fully saturated rings. The number of amides is 1. The summed E-state index contributed by atoms with van der Waals surface area (Å²) in [6.07, 6.45) is 3.66. The van der Waals surface area contributed by atoms with Gasteiger partial charge in [0.1, 0.15) is 17.7 Å². The Morgan fingerprint density at radius 3 is 2.52 bits per heavy atom. The van der Waals surface area contributed by atoms with Gasteiger partial charge in [0.25, 0.3) is 11.8 Å². The van der Waals surface area contributed by atoms with E-state index >= 15 is 0 Å². The molecule has 0 aliphatic rings. The van der Waals surface area contributed by atoms with Crippen LogP contribution in [0, 0.1) is 0 Å². The number of hydrogen-bond donors (Lipinski definition) is 1. The second-order valence-corrected chi connectivity index (χ2v) is 5.86. The SMILES string of the molecule is COc1ccc2c(c1)c(CC=O)c(C(N)=O)n2C(=O)C=Cc1ccccc1. The second-order valence-electron chi connectivity index (χ2n) is 5.86. The minimum absolute atomic E-state index is 0.00747. The van der Waals surface area contributed by atoms with Crippen LogP contribution in [0.5, 0.6) is 5.75 Å². The number of fused-ring (bicyclic) bond motifs is 1. The number of carbonyl (C=O) groups excluding carboxylic acids is 3. The molecular weight excluding hydrogens is 344 g/mol. The standard InChI is InChI=1S/C21H18N2O4/c1-27-15-8-9-18-17(13-15)16(11-12-24)20(21(22)26)23(18)19(25)10-7-14-5-3-2-4-6-14/h2-10,12-13H,11H2,1H3,(H2,22,26). The lowest BCUT2D eigenvalue weighted by atomic mass is 10.1. The molecule has 27 heavy (non-hydrogen) atoms. The average Bonchev–Trinajstić information content (AvgIpc) is 3.01. The maximum absolute atomic E-state index is 12.9. The van der Waals surface area contributed by atoms with E-state index in [4.69, 9.17) is 10.5 Å². The Morgan fingerprint density at radius 2 is 1.89 bits per heavy atom. The lowest BCUT2D eigenvalue weighted by Gasteiger charge is -2.05. The van der Waals surface area contributed by atoms with Crippen molar-refractivity contribution in [2.75, 3.05) is 7.11 Å². The fourth-order valence-corrected chi connectivity index (χ4v) is 3.05. The largest absolute Gasteiger partial charge is 0.497 e. The summed E-state index contributed by atoms with van der Waals surface area (Å²) < 4.78 is 6.46. The van der Waals surface area contributed by atoms with Gasteiger partial charge in [-0.05, 0) is 35.4 Å². The van der Waals surface area contributed by atoms with Crippen molar-refractivity contribution in [3.63, 3.8) is 0 Å². The number of methoxy groups -OCH3 is 1. The lowest BCUT2D eigenvalue weighted by molar-refractivity contribution is -0.107. The van der Waals surface area contributed by atoms with Crippen molar-refractivity contribution in [2.45, 2.75) is 6.42 Å². The first kappa shape index (κ1) is 18.1. The van der Waals surface area contributed by atoms with Crippen LogP contribution in [0.4, 0.5) is 0 Å². The number of hydrogen-bond acceptors (Lipinski definition) is 4. The van der Waals surface area contributed by atoms with Crippen LogP contribution in [-0.4, -0.2) is 29.8 Å². The molecule has 1 amide bonds. The molecule has 0 saturated heterocycles. The van der Waals surface area contributed by atoms with Crippen LogP contribution < -0.4 is 10.5 Å². The van der Waals surface area contributed by atoms with Gasteiger partial charge in [-0.25, -0.2) is 0 Å². The monoisotopic (exact) mass is 362 g/mol. The summed E-state index contributed by atoms with van der Waals surface area (Å²) in [4.78, 5) is 36.1. The Kier molecular flexibility index (Phi) is 5.17. The molecule has 0 unspecified atom stereocenters. The third-order valence-corrected chi connectivity index (χ3v) is 4.24. The van der Waals surface area contributed by atoms with Crippen molar-refractivity contribution in [1.82, 2.24) is 4.57 Å². The molecule has 0 bridgehead atoms. The number of primary amides is 1. The second kappa shape index (κ2) is 7.70. The molecule has 0 saturated carbocycles. The molecule has 0 radical (unpaired) electrons. The quantitative estimate of drug-likeness (QED) is 0.539. The summed E-state index contributed by atoms with van der Waals surface area (Å²) in [5.41, 5.74) is 7.29. The van der Waals surface area contributed by atoms with Gasteiger partial charge in [-0.1, -0.05) is 30.3 Å². The van der Waals surface area contributed by atoms with Crippen molar-refractivity contribution >= 4 is 35.1 Å². The number of rotatable bonds is 6. The third-order valence-electron chi connectivity index (χ3n) is 4.24. The zero-order valence-corrected chi connectivity index (χ0v) is 14.7.